The lowest BCUT2D eigenvalue weighted by atomic mass is 10.00. The van der Waals surface area contributed by atoms with Gasteiger partial charge in [-0.05, 0) is 25.7 Å². The highest BCUT2D eigenvalue weighted by molar-refractivity contribution is 5.89. The summed E-state index contributed by atoms with van der Waals surface area (Å²) in [5, 5.41) is 3.01. The molecule has 0 fully saturated rings. The number of nitrogens with two attached hydrogens (primary N) is 2. The number of carbonyl (C=O) groups excluding carboxylic acids is 2. The van der Waals surface area contributed by atoms with Gasteiger partial charge in [0.05, 0.1) is 6.04 Å². The van der Waals surface area contributed by atoms with Crippen LogP contribution in [0.2, 0.25) is 0 Å². The zero-order valence-electron chi connectivity index (χ0n) is 23.3. The molecule has 0 rings (SSSR count). The average molecular weight is 495 g/mol. The molecule has 0 aliphatic carbocycles. The molecular weight excluding hydrogens is 436 g/mol. The second kappa shape index (κ2) is 25.5. The fourth-order valence-electron chi connectivity index (χ4n) is 4.46. The maximum atomic E-state index is 12.8. The van der Waals surface area contributed by atoms with Crippen LogP contribution in [0.1, 0.15) is 155 Å². The van der Waals surface area contributed by atoms with Crippen molar-refractivity contribution >= 4 is 17.6 Å². The zero-order valence-corrected chi connectivity index (χ0v) is 23.3. The van der Waals surface area contributed by atoms with Gasteiger partial charge < -0.3 is 16.8 Å². The van der Waals surface area contributed by atoms with E-state index in [1.54, 1.807) is 0 Å². The minimum Gasteiger partial charge on any atom is -0.370 e. The zero-order chi connectivity index (χ0) is 26.0. The summed E-state index contributed by atoms with van der Waals surface area (Å²) < 4.78 is 0. The van der Waals surface area contributed by atoms with Crippen molar-refractivity contribution in [1.82, 2.24) is 5.32 Å². The van der Waals surface area contributed by atoms with Crippen LogP contribution in [0.15, 0.2) is 4.99 Å². The summed E-state index contributed by atoms with van der Waals surface area (Å²) in [4.78, 5) is 29.3. The summed E-state index contributed by atoms with van der Waals surface area (Å²) in [6, 6.07) is -0.413. The molecule has 0 saturated carbocycles. The molecule has 0 heterocycles. The molecule has 0 bridgehead atoms. The highest BCUT2D eigenvalue weighted by atomic mass is 16.2. The molecule has 206 valence electrons. The fraction of sp³-hybridized carbons (Fsp3) is 0.897. The van der Waals surface area contributed by atoms with E-state index in [4.69, 9.17) is 11.5 Å². The van der Waals surface area contributed by atoms with Crippen LogP contribution in [0.25, 0.3) is 0 Å². The Morgan fingerprint density at radius 3 is 1.51 bits per heavy atom. The third-order valence-corrected chi connectivity index (χ3v) is 6.70. The maximum Gasteiger partial charge on any atom is 0.220 e. The Bertz CT molecular complexity index is 533. The van der Waals surface area contributed by atoms with Crippen LogP contribution >= 0.6 is 0 Å². The van der Waals surface area contributed by atoms with Crippen LogP contribution in [-0.2, 0) is 9.59 Å². The Morgan fingerprint density at radius 1 is 0.629 bits per heavy atom. The number of amides is 1. The normalized spacial score (nSPS) is 11.8. The lowest BCUT2D eigenvalue weighted by molar-refractivity contribution is -0.128. The number of aliphatic imine (C=N–C) groups is 1. The molecule has 0 saturated heterocycles. The van der Waals surface area contributed by atoms with E-state index in [1.165, 1.54) is 89.9 Å². The summed E-state index contributed by atoms with van der Waals surface area (Å²) in [7, 11) is 0. The van der Waals surface area contributed by atoms with Gasteiger partial charge in [-0.25, -0.2) is 0 Å². The van der Waals surface area contributed by atoms with Crippen LogP contribution in [0.4, 0.5) is 0 Å². The van der Waals surface area contributed by atoms with Crippen LogP contribution < -0.4 is 16.8 Å². The van der Waals surface area contributed by atoms with Gasteiger partial charge in [0.2, 0.25) is 5.91 Å². The first-order valence-corrected chi connectivity index (χ1v) is 14.9. The van der Waals surface area contributed by atoms with Crippen LogP contribution in [0, 0.1) is 0 Å². The highest BCUT2D eigenvalue weighted by Crippen LogP contribution is 2.13. The molecule has 0 aliphatic rings. The van der Waals surface area contributed by atoms with Crippen molar-refractivity contribution in [3.05, 3.63) is 0 Å². The lowest BCUT2D eigenvalue weighted by Gasteiger charge is -2.17. The standard InChI is InChI=1S/C29H58N4O2/c1-3-5-7-9-11-13-15-17-19-23-27(34)26(22-21-25-32-29(30)31)33-28(35)24-20-18-16-14-12-10-8-6-4-2/h26H,3-25H2,1-2H3,(H,33,35)(H4,30,31,32). The van der Waals surface area contributed by atoms with E-state index >= 15 is 0 Å². The van der Waals surface area contributed by atoms with Crippen LogP contribution in [0.5, 0.6) is 0 Å². The Labute approximate surface area is 216 Å². The molecule has 0 radical (unpaired) electrons. The van der Waals surface area contributed by atoms with E-state index in [-0.39, 0.29) is 17.6 Å². The predicted octanol–water partition coefficient (Wildman–Crippen LogP) is 6.94. The van der Waals surface area contributed by atoms with Crippen molar-refractivity contribution in [1.29, 1.82) is 0 Å². The van der Waals surface area contributed by atoms with Crippen molar-refractivity contribution in [3.8, 4) is 0 Å². The molecule has 35 heavy (non-hydrogen) atoms. The van der Waals surface area contributed by atoms with Crippen LogP contribution in [0.3, 0.4) is 0 Å². The Morgan fingerprint density at radius 2 is 1.06 bits per heavy atom. The SMILES string of the molecule is CCCCCCCCCCCC(=O)NC(CCCN=C(N)N)C(=O)CCCCCCCCCCC. The molecule has 6 nitrogen and oxygen atoms in total. The number of hydrogen-bond donors (Lipinski definition) is 3. The number of rotatable bonds is 26. The van der Waals surface area contributed by atoms with E-state index in [0.29, 0.717) is 32.2 Å². The Hall–Kier alpha value is -1.59. The van der Waals surface area contributed by atoms with Crippen molar-refractivity contribution in [3.63, 3.8) is 0 Å². The van der Waals surface area contributed by atoms with Gasteiger partial charge in [-0.3, -0.25) is 14.6 Å². The van der Waals surface area contributed by atoms with Gasteiger partial charge in [0.15, 0.2) is 11.7 Å². The molecule has 1 amide bonds. The number of unbranched alkanes of at least 4 members (excludes halogenated alkanes) is 16. The van der Waals surface area contributed by atoms with Gasteiger partial charge >= 0.3 is 0 Å². The minimum atomic E-state index is -0.413. The summed E-state index contributed by atoms with van der Waals surface area (Å²) in [6.45, 7) is 4.97. The maximum absolute atomic E-state index is 12.8. The van der Waals surface area contributed by atoms with Crippen molar-refractivity contribution in [2.24, 2.45) is 16.5 Å². The second-order valence-electron chi connectivity index (χ2n) is 10.2. The molecule has 0 spiro atoms. The molecule has 6 heteroatoms. The Balaban J connectivity index is 4.18. The van der Waals surface area contributed by atoms with E-state index in [2.05, 4.69) is 24.2 Å². The topological polar surface area (TPSA) is 111 Å². The van der Waals surface area contributed by atoms with Crippen molar-refractivity contribution < 1.29 is 9.59 Å². The molecule has 0 aliphatic heterocycles. The highest BCUT2D eigenvalue weighted by Gasteiger charge is 2.19. The first kappa shape index (κ1) is 33.4. The third-order valence-electron chi connectivity index (χ3n) is 6.70. The number of hydrogen-bond acceptors (Lipinski definition) is 3. The van der Waals surface area contributed by atoms with Crippen molar-refractivity contribution in [2.75, 3.05) is 6.54 Å². The number of nitrogens with one attached hydrogen (secondary N) is 1. The first-order valence-electron chi connectivity index (χ1n) is 14.9. The quantitative estimate of drug-likeness (QED) is 0.0687. The van der Waals surface area contributed by atoms with E-state index in [0.717, 1.165) is 25.7 Å². The van der Waals surface area contributed by atoms with Gasteiger partial charge in [-0.1, -0.05) is 117 Å². The molecule has 1 unspecified atom stereocenters. The fourth-order valence-corrected chi connectivity index (χ4v) is 4.46. The van der Waals surface area contributed by atoms with Gasteiger partial charge in [0.25, 0.3) is 0 Å². The molecular formula is C29H58N4O2. The van der Waals surface area contributed by atoms with Gasteiger partial charge in [-0.2, -0.15) is 0 Å². The predicted molar refractivity (Wildman–Crippen MR) is 151 cm³/mol. The van der Waals surface area contributed by atoms with Gasteiger partial charge in [-0.15, -0.1) is 0 Å². The van der Waals surface area contributed by atoms with Crippen LogP contribution in [-0.4, -0.2) is 30.2 Å². The number of guanidine groups is 1. The van der Waals surface area contributed by atoms with Gasteiger partial charge in [0, 0.05) is 19.4 Å². The van der Waals surface area contributed by atoms with E-state index < -0.39 is 6.04 Å². The lowest BCUT2D eigenvalue weighted by Crippen LogP contribution is -2.40. The third kappa shape index (κ3) is 23.9. The number of ketones is 1. The van der Waals surface area contributed by atoms with Gasteiger partial charge in [0.1, 0.15) is 0 Å². The summed E-state index contributed by atoms with van der Waals surface area (Å²) in [6.07, 6.45) is 24.4. The summed E-state index contributed by atoms with van der Waals surface area (Å²) >= 11 is 0. The molecule has 5 N–H and O–H groups in total. The van der Waals surface area contributed by atoms with Crippen molar-refractivity contribution in [2.45, 2.75) is 161 Å². The average Bonchev–Trinajstić information content (AvgIpc) is 2.83. The number of Topliss-reactive ketones (excluding diaryl/α,β-unsaturated/α-hetero) is 1. The minimum absolute atomic E-state index is 0.000199. The molecule has 0 aromatic heterocycles. The van der Waals surface area contributed by atoms with E-state index in [1.807, 2.05) is 0 Å². The number of nitrogens with zero attached hydrogens (tertiary/aromatic N) is 1. The Kier molecular flexibility index (Phi) is 24.3. The largest absolute Gasteiger partial charge is 0.370 e. The molecule has 0 aromatic carbocycles. The smallest absolute Gasteiger partial charge is 0.220 e. The summed E-state index contributed by atoms with van der Waals surface area (Å²) in [5.74, 6) is 0.218. The molecule has 1 atom stereocenters. The van der Waals surface area contributed by atoms with E-state index in [9.17, 15) is 9.59 Å². The monoisotopic (exact) mass is 494 g/mol. The first-order chi connectivity index (χ1) is 17.0. The second-order valence-corrected chi connectivity index (χ2v) is 10.2. The summed E-state index contributed by atoms with van der Waals surface area (Å²) in [5.41, 5.74) is 10.8. The molecule has 0 aromatic rings. The number of carbonyl (C=O) groups is 2.